The predicted octanol–water partition coefficient (Wildman–Crippen LogP) is -0.241. The summed E-state index contributed by atoms with van der Waals surface area (Å²) in [4.78, 5) is 13.9. The summed E-state index contributed by atoms with van der Waals surface area (Å²) in [5.74, 6) is -0.187. The molecule has 1 rings (SSSR count). The fraction of sp³-hybridized carbons (Fsp3) is 0.500. The molecule has 20 heavy (non-hydrogen) atoms. The van der Waals surface area contributed by atoms with Crippen molar-refractivity contribution >= 4 is 11.6 Å². The van der Waals surface area contributed by atoms with E-state index in [9.17, 15) is 4.79 Å². The van der Waals surface area contributed by atoms with Crippen LogP contribution in [0, 0.1) is 0 Å². The molecule has 0 saturated heterocycles. The largest absolute Gasteiger partial charge is 0.395 e. The Balaban J connectivity index is 2.73. The minimum absolute atomic E-state index is 0.0585. The molecule has 1 amide bonds. The van der Waals surface area contributed by atoms with E-state index < -0.39 is 6.04 Å². The lowest BCUT2D eigenvalue weighted by molar-refractivity contribution is -0.121. The van der Waals surface area contributed by atoms with Crippen LogP contribution in [0.4, 0.5) is 5.69 Å². The first-order chi connectivity index (χ1) is 9.63. The molecule has 0 heterocycles. The highest BCUT2D eigenvalue weighted by molar-refractivity contribution is 5.95. The van der Waals surface area contributed by atoms with Gasteiger partial charge in [-0.05, 0) is 18.6 Å². The molecule has 5 N–H and O–H groups in total. The molecule has 1 aromatic rings. The Morgan fingerprint density at radius 3 is 2.45 bits per heavy atom. The number of aliphatic hydroxyl groups is 2. The molecule has 6 heteroatoms. The molecule has 0 saturated carbocycles. The van der Waals surface area contributed by atoms with Crippen molar-refractivity contribution in [1.82, 2.24) is 4.90 Å². The van der Waals surface area contributed by atoms with Gasteiger partial charge in [0.1, 0.15) is 0 Å². The smallest absolute Gasteiger partial charge is 0.241 e. The Morgan fingerprint density at radius 2 is 1.90 bits per heavy atom. The van der Waals surface area contributed by atoms with Crippen molar-refractivity contribution in [3.63, 3.8) is 0 Å². The molecular formula is C14H23N3O3. The van der Waals surface area contributed by atoms with Crippen LogP contribution in [0.5, 0.6) is 0 Å². The van der Waals surface area contributed by atoms with Crippen LogP contribution in [0.3, 0.4) is 0 Å². The maximum atomic E-state index is 12.2. The summed E-state index contributed by atoms with van der Waals surface area (Å²) in [6.07, 6.45) is 0. The molecule has 1 unspecified atom stereocenters. The maximum absolute atomic E-state index is 12.2. The SMILES string of the molecule is CC(C(=O)Nc1ccccc1CN)N(CCO)CCO. The maximum Gasteiger partial charge on any atom is 0.241 e. The minimum Gasteiger partial charge on any atom is -0.395 e. The number of benzene rings is 1. The van der Waals surface area contributed by atoms with Crippen LogP contribution in [0.2, 0.25) is 0 Å². The molecule has 0 aliphatic heterocycles. The molecule has 0 fully saturated rings. The van der Waals surface area contributed by atoms with Crippen molar-refractivity contribution in [2.75, 3.05) is 31.6 Å². The van der Waals surface area contributed by atoms with E-state index in [-0.39, 0.29) is 19.1 Å². The van der Waals surface area contributed by atoms with Crippen LogP contribution in [0.1, 0.15) is 12.5 Å². The van der Waals surface area contributed by atoms with Gasteiger partial charge in [0.25, 0.3) is 0 Å². The summed E-state index contributed by atoms with van der Waals surface area (Å²) in [5, 5.41) is 20.8. The van der Waals surface area contributed by atoms with Crippen LogP contribution in [0.25, 0.3) is 0 Å². The molecule has 1 aromatic carbocycles. The third-order valence-corrected chi connectivity index (χ3v) is 3.20. The van der Waals surface area contributed by atoms with E-state index >= 15 is 0 Å². The Morgan fingerprint density at radius 1 is 1.30 bits per heavy atom. The van der Waals surface area contributed by atoms with Crippen LogP contribution in [0.15, 0.2) is 24.3 Å². The first-order valence-electron chi connectivity index (χ1n) is 6.68. The van der Waals surface area contributed by atoms with Crippen molar-refractivity contribution in [2.24, 2.45) is 5.73 Å². The number of nitrogens with one attached hydrogen (secondary N) is 1. The summed E-state index contributed by atoms with van der Waals surface area (Å²) in [5.41, 5.74) is 7.19. The number of amides is 1. The molecule has 0 aliphatic rings. The number of hydrogen-bond donors (Lipinski definition) is 4. The minimum atomic E-state index is -0.444. The Labute approximate surface area is 119 Å². The Bertz CT molecular complexity index is 420. The molecule has 112 valence electrons. The van der Waals surface area contributed by atoms with Crippen molar-refractivity contribution in [3.05, 3.63) is 29.8 Å². The van der Waals surface area contributed by atoms with Gasteiger partial charge in [-0.2, -0.15) is 0 Å². The van der Waals surface area contributed by atoms with E-state index in [4.69, 9.17) is 15.9 Å². The molecule has 0 aromatic heterocycles. The first kappa shape index (κ1) is 16.6. The second-order valence-electron chi connectivity index (χ2n) is 4.51. The van der Waals surface area contributed by atoms with Crippen LogP contribution in [-0.2, 0) is 11.3 Å². The van der Waals surface area contributed by atoms with Gasteiger partial charge in [0.05, 0.1) is 19.3 Å². The molecule has 0 bridgehead atoms. The summed E-state index contributed by atoms with van der Waals surface area (Å²) in [6.45, 7) is 2.66. The van der Waals surface area contributed by atoms with E-state index in [0.29, 0.717) is 25.3 Å². The number of nitrogens with two attached hydrogens (primary N) is 1. The highest BCUT2D eigenvalue weighted by atomic mass is 16.3. The summed E-state index contributed by atoms with van der Waals surface area (Å²) >= 11 is 0. The molecule has 1 atom stereocenters. The molecule has 6 nitrogen and oxygen atoms in total. The van der Waals surface area contributed by atoms with Crippen molar-refractivity contribution in [2.45, 2.75) is 19.5 Å². The van der Waals surface area contributed by atoms with E-state index in [0.717, 1.165) is 5.56 Å². The van der Waals surface area contributed by atoms with Gasteiger partial charge in [0.15, 0.2) is 0 Å². The van der Waals surface area contributed by atoms with Gasteiger partial charge in [-0.3, -0.25) is 9.69 Å². The van der Waals surface area contributed by atoms with Crippen molar-refractivity contribution < 1.29 is 15.0 Å². The van der Waals surface area contributed by atoms with Gasteiger partial charge in [-0.15, -0.1) is 0 Å². The van der Waals surface area contributed by atoms with Crippen molar-refractivity contribution in [1.29, 1.82) is 0 Å². The van der Waals surface area contributed by atoms with Crippen LogP contribution in [-0.4, -0.2) is 53.4 Å². The lowest BCUT2D eigenvalue weighted by Gasteiger charge is -2.27. The van der Waals surface area contributed by atoms with E-state index in [1.54, 1.807) is 17.9 Å². The average molecular weight is 281 g/mol. The van der Waals surface area contributed by atoms with E-state index in [1.165, 1.54) is 0 Å². The lowest BCUT2D eigenvalue weighted by atomic mass is 10.1. The van der Waals surface area contributed by atoms with Gasteiger partial charge in [0.2, 0.25) is 5.91 Å². The van der Waals surface area contributed by atoms with Crippen LogP contribution >= 0.6 is 0 Å². The topological polar surface area (TPSA) is 98.8 Å². The number of anilines is 1. The van der Waals surface area contributed by atoms with Gasteiger partial charge in [0, 0.05) is 25.3 Å². The zero-order valence-electron chi connectivity index (χ0n) is 11.7. The molecule has 0 spiro atoms. The first-order valence-corrected chi connectivity index (χ1v) is 6.68. The van der Waals surface area contributed by atoms with Gasteiger partial charge < -0.3 is 21.3 Å². The summed E-state index contributed by atoms with van der Waals surface area (Å²) in [6, 6.07) is 6.92. The zero-order chi connectivity index (χ0) is 15.0. The zero-order valence-corrected chi connectivity index (χ0v) is 11.7. The second kappa shape index (κ2) is 8.65. The third-order valence-electron chi connectivity index (χ3n) is 3.20. The number of carbonyl (C=O) groups excluding carboxylic acids is 1. The van der Waals surface area contributed by atoms with Gasteiger partial charge >= 0.3 is 0 Å². The Kier molecular flexibility index (Phi) is 7.17. The predicted molar refractivity (Wildman–Crippen MR) is 78.2 cm³/mol. The number of nitrogens with zero attached hydrogens (tertiary/aromatic N) is 1. The normalized spacial score (nSPS) is 12.4. The number of para-hydroxylation sites is 1. The standard InChI is InChI=1S/C14H23N3O3/c1-11(17(6-8-18)7-9-19)14(20)16-13-5-3-2-4-12(13)10-15/h2-5,11,18-19H,6-10,15H2,1H3,(H,16,20). The average Bonchev–Trinajstić information content (AvgIpc) is 2.46. The number of hydrogen-bond acceptors (Lipinski definition) is 5. The monoisotopic (exact) mass is 281 g/mol. The van der Waals surface area contributed by atoms with Crippen molar-refractivity contribution in [3.8, 4) is 0 Å². The fourth-order valence-electron chi connectivity index (χ4n) is 1.98. The fourth-order valence-corrected chi connectivity index (χ4v) is 1.98. The highest BCUT2D eigenvalue weighted by Gasteiger charge is 2.21. The molecular weight excluding hydrogens is 258 g/mol. The lowest BCUT2D eigenvalue weighted by Crippen LogP contribution is -2.44. The Hall–Kier alpha value is -1.47. The molecule has 0 aliphatic carbocycles. The summed E-state index contributed by atoms with van der Waals surface area (Å²) < 4.78 is 0. The summed E-state index contributed by atoms with van der Waals surface area (Å²) in [7, 11) is 0. The van der Waals surface area contributed by atoms with E-state index in [1.807, 2.05) is 18.2 Å². The number of carbonyl (C=O) groups is 1. The quantitative estimate of drug-likeness (QED) is 0.527. The van der Waals surface area contributed by atoms with Crippen LogP contribution < -0.4 is 11.1 Å². The molecule has 0 radical (unpaired) electrons. The highest BCUT2D eigenvalue weighted by Crippen LogP contribution is 2.15. The van der Waals surface area contributed by atoms with Gasteiger partial charge in [-0.1, -0.05) is 18.2 Å². The van der Waals surface area contributed by atoms with Gasteiger partial charge in [-0.25, -0.2) is 0 Å². The second-order valence-corrected chi connectivity index (χ2v) is 4.51. The van der Waals surface area contributed by atoms with E-state index in [2.05, 4.69) is 5.32 Å². The third kappa shape index (κ3) is 4.57. The number of aliphatic hydroxyl groups excluding tert-OH is 2. The number of rotatable bonds is 8.